The van der Waals surface area contributed by atoms with Gasteiger partial charge in [-0.25, -0.2) is 0 Å². The van der Waals surface area contributed by atoms with Crippen molar-refractivity contribution in [1.29, 1.82) is 0 Å². The molecular weight excluding hydrogens is 178 g/mol. The molecule has 1 nitrogen and oxygen atoms in total. The Kier molecular flexibility index (Phi) is 3.43. The van der Waals surface area contributed by atoms with Crippen molar-refractivity contribution in [3.8, 4) is 0 Å². The topological polar surface area (TPSA) is 26.0 Å². The zero-order valence-electron chi connectivity index (χ0n) is 8.08. The Morgan fingerprint density at radius 1 is 1.31 bits per heavy atom. The summed E-state index contributed by atoms with van der Waals surface area (Å²) in [4.78, 5) is 0.553. The van der Waals surface area contributed by atoms with Gasteiger partial charge in [0, 0.05) is 6.42 Å². The van der Waals surface area contributed by atoms with Crippen molar-refractivity contribution >= 4 is 17.2 Å². The summed E-state index contributed by atoms with van der Waals surface area (Å²) in [6.45, 7) is 4.37. The summed E-state index contributed by atoms with van der Waals surface area (Å²) in [5, 5.41) is 0. The monoisotopic (exact) mass is 193 g/mol. The van der Waals surface area contributed by atoms with E-state index in [1.807, 2.05) is 0 Å². The summed E-state index contributed by atoms with van der Waals surface area (Å²) < 4.78 is 0. The van der Waals surface area contributed by atoms with E-state index in [2.05, 4.69) is 38.1 Å². The minimum absolute atomic E-state index is 0.553. The summed E-state index contributed by atoms with van der Waals surface area (Å²) in [5.74, 6) is 0.582. The lowest BCUT2D eigenvalue weighted by atomic mass is 10.0. The van der Waals surface area contributed by atoms with E-state index in [1.54, 1.807) is 0 Å². The Balaban J connectivity index is 2.75. The Labute approximate surface area is 85.0 Å². The quantitative estimate of drug-likeness (QED) is 0.747. The molecule has 0 aliphatic rings. The summed E-state index contributed by atoms with van der Waals surface area (Å²) in [7, 11) is 0. The number of hydrogen-bond donors (Lipinski definition) is 1. The molecule has 2 heteroatoms. The van der Waals surface area contributed by atoms with Crippen molar-refractivity contribution < 1.29 is 0 Å². The van der Waals surface area contributed by atoms with Crippen LogP contribution < -0.4 is 5.73 Å². The number of rotatable bonds is 3. The molecule has 0 aliphatic heterocycles. The van der Waals surface area contributed by atoms with Crippen LogP contribution in [0.1, 0.15) is 30.9 Å². The third-order valence-corrected chi connectivity index (χ3v) is 2.17. The molecule has 1 aromatic rings. The van der Waals surface area contributed by atoms with Crippen LogP contribution in [-0.4, -0.2) is 4.99 Å². The predicted molar refractivity (Wildman–Crippen MR) is 61.0 cm³/mol. The second kappa shape index (κ2) is 4.38. The zero-order valence-corrected chi connectivity index (χ0v) is 8.90. The second-order valence-electron chi connectivity index (χ2n) is 3.54. The van der Waals surface area contributed by atoms with Gasteiger partial charge < -0.3 is 5.73 Å². The van der Waals surface area contributed by atoms with Gasteiger partial charge in [0.25, 0.3) is 0 Å². The number of benzene rings is 1. The van der Waals surface area contributed by atoms with E-state index in [4.69, 9.17) is 18.0 Å². The Hall–Kier alpha value is -0.890. The minimum Gasteiger partial charge on any atom is -0.393 e. The fraction of sp³-hybridized carbons (Fsp3) is 0.364. The molecule has 0 bridgehead atoms. The second-order valence-corrected chi connectivity index (χ2v) is 4.06. The fourth-order valence-corrected chi connectivity index (χ4v) is 1.39. The van der Waals surface area contributed by atoms with Crippen molar-refractivity contribution in [2.75, 3.05) is 0 Å². The van der Waals surface area contributed by atoms with Crippen LogP contribution in [0.5, 0.6) is 0 Å². The van der Waals surface area contributed by atoms with Gasteiger partial charge in [-0.05, 0) is 17.0 Å². The molecule has 1 rings (SSSR count). The number of thiocarbonyl (C=S) groups is 1. The van der Waals surface area contributed by atoms with Crippen LogP contribution in [0, 0.1) is 0 Å². The Morgan fingerprint density at radius 3 is 2.23 bits per heavy atom. The van der Waals surface area contributed by atoms with Gasteiger partial charge in [-0.15, -0.1) is 0 Å². The van der Waals surface area contributed by atoms with Crippen molar-refractivity contribution in [2.45, 2.75) is 26.2 Å². The molecule has 2 N–H and O–H groups in total. The molecule has 0 spiro atoms. The molecule has 13 heavy (non-hydrogen) atoms. The Morgan fingerprint density at radius 2 is 1.85 bits per heavy atom. The van der Waals surface area contributed by atoms with E-state index >= 15 is 0 Å². The summed E-state index contributed by atoms with van der Waals surface area (Å²) in [6, 6.07) is 8.46. The van der Waals surface area contributed by atoms with E-state index in [0.29, 0.717) is 17.3 Å². The Bertz CT molecular complexity index is 287. The van der Waals surface area contributed by atoms with Crippen LogP contribution in [0.15, 0.2) is 24.3 Å². The van der Waals surface area contributed by atoms with Gasteiger partial charge in [-0.2, -0.15) is 0 Å². The maximum absolute atomic E-state index is 5.45. The highest BCUT2D eigenvalue weighted by Gasteiger charge is 1.99. The highest BCUT2D eigenvalue weighted by Crippen LogP contribution is 2.14. The van der Waals surface area contributed by atoms with Crippen LogP contribution in [0.4, 0.5) is 0 Å². The van der Waals surface area contributed by atoms with Crippen LogP contribution in [0.2, 0.25) is 0 Å². The van der Waals surface area contributed by atoms with E-state index in [1.165, 1.54) is 11.1 Å². The first-order chi connectivity index (χ1) is 6.09. The number of hydrogen-bond acceptors (Lipinski definition) is 1. The molecule has 0 aromatic heterocycles. The molecule has 1 aromatic carbocycles. The summed E-state index contributed by atoms with van der Waals surface area (Å²) in [5.41, 5.74) is 8.00. The lowest BCUT2D eigenvalue weighted by Gasteiger charge is -2.05. The molecule has 0 aliphatic carbocycles. The summed E-state index contributed by atoms with van der Waals surface area (Å²) >= 11 is 4.84. The van der Waals surface area contributed by atoms with Gasteiger partial charge in [0.2, 0.25) is 0 Å². The smallest absolute Gasteiger partial charge is 0.0771 e. The van der Waals surface area contributed by atoms with Gasteiger partial charge in [0.05, 0.1) is 4.99 Å². The molecule has 0 atom stereocenters. The van der Waals surface area contributed by atoms with Crippen LogP contribution >= 0.6 is 12.2 Å². The first-order valence-corrected chi connectivity index (χ1v) is 4.87. The summed E-state index contributed by atoms with van der Waals surface area (Å²) in [6.07, 6.45) is 0.702. The van der Waals surface area contributed by atoms with Gasteiger partial charge in [0.1, 0.15) is 0 Å². The largest absolute Gasteiger partial charge is 0.393 e. The third kappa shape index (κ3) is 3.15. The molecule has 0 amide bonds. The zero-order chi connectivity index (χ0) is 9.84. The van der Waals surface area contributed by atoms with Gasteiger partial charge in [-0.1, -0.05) is 50.3 Å². The number of nitrogens with two attached hydrogens (primary N) is 1. The van der Waals surface area contributed by atoms with Crippen molar-refractivity contribution in [1.82, 2.24) is 0 Å². The maximum atomic E-state index is 5.45. The van der Waals surface area contributed by atoms with Crippen LogP contribution in [0.3, 0.4) is 0 Å². The lowest BCUT2D eigenvalue weighted by molar-refractivity contribution is 0.866. The molecule has 70 valence electrons. The molecule has 0 saturated carbocycles. The highest BCUT2D eigenvalue weighted by atomic mass is 32.1. The van der Waals surface area contributed by atoms with E-state index < -0.39 is 0 Å². The molecule has 0 unspecified atom stereocenters. The molecule has 0 saturated heterocycles. The van der Waals surface area contributed by atoms with Crippen LogP contribution in [0.25, 0.3) is 0 Å². The van der Waals surface area contributed by atoms with Crippen LogP contribution in [-0.2, 0) is 6.42 Å². The lowest BCUT2D eigenvalue weighted by Crippen LogP contribution is -2.10. The normalized spacial score (nSPS) is 10.4. The van der Waals surface area contributed by atoms with E-state index in [9.17, 15) is 0 Å². The van der Waals surface area contributed by atoms with Gasteiger partial charge in [-0.3, -0.25) is 0 Å². The van der Waals surface area contributed by atoms with E-state index in [0.717, 1.165) is 0 Å². The highest BCUT2D eigenvalue weighted by molar-refractivity contribution is 7.80. The van der Waals surface area contributed by atoms with Crippen molar-refractivity contribution in [3.63, 3.8) is 0 Å². The molecule has 0 fully saturated rings. The van der Waals surface area contributed by atoms with Crippen molar-refractivity contribution in [2.24, 2.45) is 5.73 Å². The molecule has 0 heterocycles. The molecule has 0 radical (unpaired) electrons. The fourth-order valence-electron chi connectivity index (χ4n) is 1.22. The standard InChI is InChI=1S/C11H15NS/c1-8(2)10-5-3-9(4-6-10)7-11(12)13/h3-6,8H,7H2,1-2H3,(H2,12,13). The first-order valence-electron chi connectivity index (χ1n) is 4.46. The average molecular weight is 193 g/mol. The van der Waals surface area contributed by atoms with E-state index in [-0.39, 0.29) is 0 Å². The SMILES string of the molecule is CC(C)c1ccc(CC(N)=S)cc1. The third-order valence-electron chi connectivity index (χ3n) is 2.02. The average Bonchev–Trinajstić information content (AvgIpc) is 2.04. The van der Waals surface area contributed by atoms with Gasteiger partial charge in [0.15, 0.2) is 0 Å². The predicted octanol–water partition coefficient (Wildman–Crippen LogP) is 2.64. The van der Waals surface area contributed by atoms with Gasteiger partial charge >= 0.3 is 0 Å². The minimum atomic E-state index is 0.553. The first kappa shape index (κ1) is 10.2. The van der Waals surface area contributed by atoms with Crippen molar-refractivity contribution in [3.05, 3.63) is 35.4 Å². The maximum Gasteiger partial charge on any atom is 0.0771 e. The molecular formula is C11H15NS.